The fourth-order valence-electron chi connectivity index (χ4n) is 12.2. The van der Waals surface area contributed by atoms with Gasteiger partial charge >= 0.3 is 70.4 Å². The average molecular weight is 2040 g/mol. The Balaban J connectivity index is -0.000000720. The van der Waals surface area contributed by atoms with Gasteiger partial charge in [0.1, 0.15) is 0 Å². The molecule has 0 aliphatic rings. The van der Waals surface area contributed by atoms with Crippen LogP contribution in [0.25, 0.3) is 0 Å². The van der Waals surface area contributed by atoms with Crippen LogP contribution in [0.4, 0.5) is 22.7 Å². The van der Waals surface area contributed by atoms with Crippen molar-refractivity contribution >= 4 is 159 Å². The molecule has 0 atom stereocenters. The maximum atomic E-state index is 8.35. The Labute approximate surface area is 815 Å². The summed E-state index contributed by atoms with van der Waals surface area (Å²) in [4.78, 5) is 33.4. The first kappa shape index (κ1) is 134. The number of hydrogen-bond acceptors (Lipinski definition) is 36. The Bertz CT molecular complexity index is 4090. The van der Waals surface area contributed by atoms with Crippen LogP contribution in [0, 0.1) is 49.3 Å². The van der Waals surface area contributed by atoms with Gasteiger partial charge in [-0.2, -0.15) is 0 Å². The van der Waals surface area contributed by atoms with Gasteiger partial charge < -0.3 is 129 Å². The number of benzene rings is 8. The van der Waals surface area contributed by atoms with Crippen LogP contribution in [0.3, 0.4) is 0 Å². The first-order chi connectivity index (χ1) is 65.1. The molecule has 0 saturated carbocycles. The molecule has 8 aromatic rings. The summed E-state index contributed by atoms with van der Waals surface area (Å²) in [5, 5.41) is 29.3. The van der Waals surface area contributed by atoms with Crippen LogP contribution >= 0.6 is 0 Å². The SMILES string of the molecule is CCO[Si](OCC)(OCC)c1ccc(C)cc1.CCO[Si](OCC)(OCC)c1ccc(N)cc1.CCO[Si](OCC)(OCC)c1cccc(C)c1.CCO[Si](OCC)(OCC)c1cccc(N)c1.CO[Si](OC)(OC)c1ccc(C)cc1.CO[Si](OC)(OC)c1ccc(N)cc1.CO[Si](OC)(OC)c1cccc(C)c1.CO[Si](OC)(OC)c1cccc(N)c1.N=C=O.N=C=O.N=C=O.N=C=O. The third-order valence-electron chi connectivity index (χ3n) is 17.8. The fourth-order valence-corrected chi connectivity index (χ4v) is 29.6. The average Bonchev–Trinajstić information content (AvgIpc) is 0.814. The molecule has 8 rings (SSSR count). The van der Waals surface area contributed by atoms with Crippen LogP contribution in [0.5, 0.6) is 0 Å². The van der Waals surface area contributed by atoms with Crippen molar-refractivity contribution in [1.82, 2.24) is 0 Å². The van der Waals surface area contributed by atoms with Gasteiger partial charge in [-0.1, -0.05) is 168 Å². The molecule has 0 bridgehead atoms. The van der Waals surface area contributed by atoms with Crippen LogP contribution in [0.2, 0.25) is 0 Å². The summed E-state index contributed by atoms with van der Waals surface area (Å²) in [7, 11) is -2.43. The van der Waals surface area contributed by atoms with E-state index in [0.29, 0.717) is 96.3 Å². The van der Waals surface area contributed by atoms with Crippen LogP contribution in [0.1, 0.15) is 105 Å². The van der Waals surface area contributed by atoms with Crippen molar-refractivity contribution in [2.45, 2.75) is 111 Å². The first-order valence-corrected chi connectivity index (χ1v) is 57.1. The second-order valence-corrected chi connectivity index (χ2v) is 48.4. The van der Waals surface area contributed by atoms with E-state index >= 15 is 0 Å². The smallest absolute Gasteiger partial charge is 0.399 e. The lowest BCUT2D eigenvalue weighted by Gasteiger charge is -2.28. The number of aryl methyl sites for hydroxylation is 4. The van der Waals surface area contributed by atoms with Crippen LogP contribution in [0.15, 0.2) is 194 Å². The van der Waals surface area contributed by atoms with Crippen molar-refractivity contribution in [2.24, 2.45) is 0 Å². The maximum absolute atomic E-state index is 8.35. The minimum absolute atomic E-state index is 0.557. The summed E-state index contributed by atoms with van der Waals surface area (Å²) in [5.41, 5.74) is 30.3. The van der Waals surface area contributed by atoms with Crippen LogP contribution in [-0.2, 0) is 125 Å². The second-order valence-electron chi connectivity index (χ2n) is 26.5. The van der Waals surface area contributed by atoms with Crippen LogP contribution in [-0.4, -0.2) is 259 Å². The van der Waals surface area contributed by atoms with Gasteiger partial charge in [0.25, 0.3) is 0 Å². The Morgan fingerprint density at radius 2 is 0.346 bits per heavy atom. The third-order valence-corrected chi connectivity index (χ3v) is 40.5. The summed E-state index contributed by atoms with van der Waals surface area (Å²) in [6, 6.07) is 62.2. The van der Waals surface area contributed by atoms with E-state index in [2.05, 4.69) is 38.1 Å². The quantitative estimate of drug-likeness (QED) is 0.00761. The van der Waals surface area contributed by atoms with E-state index in [1.165, 1.54) is 22.3 Å². The molecule has 0 saturated heterocycles. The highest BCUT2D eigenvalue weighted by Gasteiger charge is 2.48. The van der Waals surface area contributed by atoms with E-state index < -0.39 is 70.4 Å². The number of carbonyl (C=O) groups excluding carboxylic acids is 4. The Morgan fingerprint density at radius 1 is 0.199 bits per heavy atom. The lowest BCUT2D eigenvalue weighted by atomic mass is 10.2. The molecule has 0 spiro atoms. The molecule has 44 heteroatoms. The van der Waals surface area contributed by atoms with Gasteiger partial charge in [0.2, 0.25) is 24.3 Å². The standard InChI is InChI=1S/2C13H22O3Si.2C12H21NO3Si.2C10H16O3Si.2C9H15NO3Si.4CHNO/c1-5-14-17(15-6-2,16-7-3)13-10-8-12(4)9-11-13;1-5-14-17(15-6-2,16-7-3)13-10-8-9-12(4)11-13;1-4-14-17(15-5-2,16-6-3)12-9-7-11(13)8-10-12;1-4-14-17(15-5-2,16-6-3)12-9-7-8-11(13)10-12;1-9-5-7-10(8-6-9)14(11-2,12-3)13-4;1-9-6-5-7-10(8-9)14(11-2,12-3)13-4;1-11-14(12-2,13-3)9-6-4-8(10)5-7-9;1-11-14(12-2,13-3)9-6-4-5-8(10)7-9;4*2-1-3/h2*8-11H,5-7H2,1-4H3;2*7-10H,4-6,13H2,1-3H3;2*5-8H,1-4H3;2*4-7H,10H2,1-3H3;4*2H. The predicted octanol–water partition coefficient (Wildman–Crippen LogP) is 10.0. The van der Waals surface area contributed by atoms with Gasteiger partial charge in [0.05, 0.1) is 0 Å². The predicted molar refractivity (Wildman–Crippen MR) is 549 cm³/mol. The number of nitrogens with one attached hydrogen (secondary N) is 4. The molecule has 0 heterocycles. The number of hydrogen-bond donors (Lipinski definition) is 8. The molecule has 760 valence electrons. The number of isocyanates is 4. The summed E-state index contributed by atoms with van der Waals surface area (Å²) in [5.74, 6) is 0. The largest absolute Gasteiger partial charge is 0.537 e. The maximum Gasteiger partial charge on any atom is 0.537 e. The molecule has 12 N–H and O–H groups in total. The zero-order valence-corrected chi connectivity index (χ0v) is 92.7. The topological polar surface area (TPSA) is 489 Å². The molecule has 0 aromatic heterocycles. The first-order valence-electron chi connectivity index (χ1n) is 43.3. The highest BCUT2D eigenvalue weighted by molar-refractivity contribution is 6.78. The summed E-state index contributed by atoms with van der Waals surface area (Å²) < 4.78 is 134. The molecule has 0 radical (unpaired) electrons. The Hall–Kier alpha value is -8.74. The lowest BCUT2D eigenvalue weighted by molar-refractivity contribution is 0.0851. The number of anilines is 4. The minimum atomic E-state index is -2.78. The molecular formula is C92H152N8O28Si8. The number of nitrogens with two attached hydrogens (primary N) is 4. The van der Waals surface area contributed by atoms with Gasteiger partial charge in [-0.15, -0.1) is 0 Å². The van der Waals surface area contributed by atoms with Gasteiger partial charge in [-0.3, -0.25) is 0 Å². The molecule has 0 aliphatic carbocycles. The Morgan fingerprint density at radius 3 is 0.522 bits per heavy atom. The van der Waals surface area contributed by atoms with Crippen molar-refractivity contribution in [3.63, 3.8) is 0 Å². The number of rotatable bonds is 44. The van der Waals surface area contributed by atoms with E-state index in [1.807, 2.05) is 255 Å². The molecule has 0 unspecified atom stereocenters. The highest BCUT2D eigenvalue weighted by Crippen LogP contribution is 2.19. The third kappa shape index (κ3) is 46.8. The summed E-state index contributed by atoms with van der Waals surface area (Å²) in [6.45, 7) is 38.6. The molecule has 8 aromatic carbocycles. The molecule has 136 heavy (non-hydrogen) atoms. The molecule has 0 aliphatic heterocycles. The minimum Gasteiger partial charge on any atom is -0.399 e. The van der Waals surface area contributed by atoms with Gasteiger partial charge in [-0.05, 0) is 159 Å². The van der Waals surface area contributed by atoms with Gasteiger partial charge in [0, 0.05) is 229 Å². The summed E-state index contributed by atoms with van der Waals surface area (Å²) in [6.07, 6.45) is 3.00. The molecule has 36 nitrogen and oxygen atoms in total. The second kappa shape index (κ2) is 78.1. The van der Waals surface area contributed by atoms with Gasteiger partial charge in [0.15, 0.2) is 0 Å². The monoisotopic (exact) mass is 2040 g/mol. The lowest BCUT2D eigenvalue weighted by Crippen LogP contribution is -2.56. The van der Waals surface area contributed by atoms with Crippen LogP contribution < -0.4 is 64.4 Å². The van der Waals surface area contributed by atoms with Crippen molar-refractivity contribution in [1.29, 1.82) is 21.6 Å². The number of nitrogen functional groups attached to an aromatic ring is 4. The molecule has 0 fully saturated rings. The zero-order valence-electron chi connectivity index (χ0n) is 84.7. The molecule has 0 amide bonds. The van der Waals surface area contributed by atoms with E-state index in [9.17, 15) is 0 Å². The van der Waals surface area contributed by atoms with Gasteiger partial charge in [-0.25, -0.2) is 40.8 Å². The van der Waals surface area contributed by atoms with Crippen molar-refractivity contribution < 1.29 is 125 Å². The van der Waals surface area contributed by atoms with Crippen molar-refractivity contribution in [2.75, 3.05) is 188 Å². The van der Waals surface area contributed by atoms with Crippen molar-refractivity contribution in [3.05, 3.63) is 216 Å². The van der Waals surface area contributed by atoms with E-state index in [4.69, 9.17) is 170 Å². The van der Waals surface area contributed by atoms with E-state index in [-0.39, 0.29) is 0 Å². The van der Waals surface area contributed by atoms with Crippen molar-refractivity contribution in [3.8, 4) is 0 Å². The van der Waals surface area contributed by atoms with E-state index in [0.717, 1.165) is 71.5 Å². The van der Waals surface area contributed by atoms with E-state index in [1.54, 1.807) is 97.5 Å². The fraction of sp³-hybridized carbons (Fsp3) is 0.435. The zero-order chi connectivity index (χ0) is 104. The Kier molecular flexibility index (Phi) is 76.7. The normalized spacial score (nSPS) is 10.9. The molecular weight excluding hydrogens is 1890 g/mol. The highest BCUT2D eigenvalue weighted by atomic mass is 28.4. The summed E-state index contributed by atoms with van der Waals surface area (Å²) >= 11 is 0.